The second-order valence-corrected chi connectivity index (χ2v) is 6.13. The highest BCUT2D eigenvalue weighted by Gasteiger charge is 2.33. The van der Waals surface area contributed by atoms with Crippen molar-refractivity contribution in [3.05, 3.63) is 64.2 Å². The van der Waals surface area contributed by atoms with Crippen molar-refractivity contribution in [2.24, 2.45) is 0 Å². The lowest BCUT2D eigenvalue weighted by Crippen LogP contribution is -2.12. The van der Waals surface area contributed by atoms with Crippen LogP contribution in [-0.2, 0) is 15.8 Å². The van der Waals surface area contributed by atoms with E-state index in [1.807, 2.05) is 0 Å². The minimum Gasteiger partial charge on any atom is -0.326 e. The summed E-state index contributed by atoms with van der Waals surface area (Å²) in [7, 11) is 0. The summed E-state index contributed by atoms with van der Waals surface area (Å²) in [6.07, 6.45) is -2.20. The molecule has 142 valence electrons. The predicted octanol–water partition coefficient (Wildman–Crippen LogP) is 5.28. The normalized spacial score (nSPS) is 11.5. The first-order valence-corrected chi connectivity index (χ1v) is 8.18. The topological polar surface area (TPSA) is 58.2 Å². The number of hydrogen-bond acceptors (Lipinski definition) is 2. The van der Waals surface area contributed by atoms with E-state index in [-0.39, 0.29) is 11.5 Å². The molecule has 0 aliphatic rings. The summed E-state index contributed by atoms with van der Waals surface area (Å²) in [5.41, 5.74) is 0.899. The van der Waals surface area contributed by atoms with E-state index in [2.05, 4.69) is 10.6 Å². The van der Waals surface area contributed by atoms with E-state index >= 15 is 0 Å². The van der Waals surface area contributed by atoms with E-state index in [1.54, 1.807) is 25.1 Å². The molecule has 0 bridgehead atoms. The molecule has 8 heteroatoms. The third-order valence-electron chi connectivity index (χ3n) is 3.63. The molecule has 0 atom stereocenters. The van der Waals surface area contributed by atoms with Crippen LogP contribution < -0.4 is 10.6 Å². The van der Waals surface area contributed by atoms with Gasteiger partial charge in [-0.3, -0.25) is 9.59 Å². The number of amides is 2. The fraction of sp³-hybridized carbons (Fsp3) is 0.158. The van der Waals surface area contributed by atoms with Gasteiger partial charge in [0.25, 0.3) is 0 Å². The number of alkyl halides is 3. The Morgan fingerprint density at radius 2 is 1.70 bits per heavy atom. The number of rotatable bonds is 4. The fourth-order valence-corrected chi connectivity index (χ4v) is 2.53. The molecule has 2 rings (SSSR count). The quantitative estimate of drug-likeness (QED) is 0.691. The third-order valence-corrected chi connectivity index (χ3v) is 3.95. The number of carbonyl (C=O) groups is 2. The zero-order valence-electron chi connectivity index (χ0n) is 14.4. The molecule has 0 aromatic heterocycles. The summed E-state index contributed by atoms with van der Waals surface area (Å²) in [6.45, 7) is 3.09. The van der Waals surface area contributed by atoms with Gasteiger partial charge in [0.2, 0.25) is 11.8 Å². The molecule has 2 N–H and O–H groups in total. The van der Waals surface area contributed by atoms with Gasteiger partial charge in [-0.25, -0.2) is 0 Å². The van der Waals surface area contributed by atoms with Crippen LogP contribution >= 0.6 is 11.6 Å². The third kappa shape index (κ3) is 5.59. The van der Waals surface area contributed by atoms with Crippen LogP contribution in [0.4, 0.5) is 24.5 Å². The molecule has 4 nitrogen and oxygen atoms in total. The second-order valence-electron chi connectivity index (χ2n) is 5.72. The minimum absolute atomic E-state index is 0.186. The maximum absolute atomic E-state index is 12.9. The molecule has 0 heterocycles. The van der Waals surface area contributed by atoms with Gasteiger partial charge in [-0.1, -0.05) is 23.7 Å². The molecule has 0 aliphatic carbocycles. The van der Waals surface area contributed by atoms with Crippen LogP contribution in [0.1, 0.15) is 23.6 Å². The first-order chi connectivity index (χ1) is 12.6. The van der Waals surface area contributed by atoms with Crippen molar-refractivity contribution in [2.45, 2.75) is 20.0 Å². The maximum Gasteiger partial charge on any atom is 0.417 e. The highest BCUT2D eigenvalue weighted by molar-refractivity contribution is 6.31. The molecule has 0 fully saturated rings. The molecule has 0 unspecified atom stereocenters. The molecule has 0 aliphatic heterocycles. The van der Waals surface area contributed by atoms with Gasteiger partial charge in [-0.05, 0) is 48.4 Å². The van der Waals surface area contributed by atoms with Crippen LogP contribution in [0.3, 0.4) is 0 Å². The number of nitrogens with one attached hydrogen (secondary N) is 2. The van der Waals surface area contributed by atoms with Crippen LogP contribution in [0.2, 0.25) is 5.02 Å². The Labute approximate surface area is 159 Å². The molecule has 0 saturated heterocycles. The summed E-state index contributed by atoms with van der Waals surface area (Å²) in [4.78, 5) is 23.3. The first-order valence-electron chi connectivity index (χ1n) is 7.81. The predicted molar refractivity (Wildman–Crippen MR) is 99.6 cm³/mol. The van der Waals surface area contributed by atoms with E-state index in [1.165, 1.54) is 19.1 Å². The van der Waals surface area contributed by atoms with E-state index in [0.29, 0.717) is 16.9 Å². The SMILES string of the molecule is CC(=O)Nc1cccc(NC(=O)/C=C/c2ccc(Cl)c(C(F)(F)F)c2)c1C. The Bertz CT molecular complexity index is 908. The lowest BCUT2D eigenvalue weighted by Gasteiger charge is -2.12. The summed E-state index contributed by atoms with van der Waals surface area (Å²) in [5, 5.41) is 4.86. The molecule has 27 heavy (non-hydrogen) atoms. The lowest BCUT2D eigenvalue weighted by molar-refractivity contribution is -0.137. The standard InChI is InChI=1S/C19H16ClF3N2O2/c1-11-16(24-12(2)26)4-3-5-17(11)25-18(27)9-7-13-6-8-15(20)14(10-13)19(21,22)23/h3-10H,1-2H3,(H,24,26)(H,25,27)/b9-7+. The van der Waals surface area contributed by atoms with Crippen molar-refractivity contribution in [2.75, 3.05) is 10.6 Å². The molecule has 2 aromatic carbocycles. The summed E-state index contributed by atoms with van der Waals surface area (Å²) < 4.78 is 38.6. The lowest BCUT2D eigenvalue weighted by atomic mass is 10.1. The number of benzene rings is 2. The number of halogens is 4. The van der Waals surface area contributed by atoms with Gasteiger partial charge in [0.1, 0.15) is 0 Å². The van der Waals surface area contributed by atoms with Crippen molar-refractivity contribution >= 4 is 40.9 Å². The minimum atomic E-state index is -4.58. The molecule has 2 amide bonds. The van der Waals surface area contributed by atoms with Crippen molar-refractivity contribution in [1.82, 2.24) is 0 Å². The summed E-state index contributed by atoms with van der Waals surface area (Å²) >= 11 is 5.57. The molecule has 0 radical (unpaired) electrons. The molecular formula is C19H16ClF3N2O2. The molecule has 0 spiro atoms. The van der Waals surface area contributed by atoms with E-state index in [9.17, 15) is 22.8 Å². The van der Waals surface area contributed by atoms with Crippen LogP contribution in [0.25, 0.3) is 6.08 Å². The number of hydrogen-bond donors (Lipinski definition) is 2. The van der Waals surface area contributed by atoms with Crippen LogP contribution in [0.15, 0.2) is 42.5 Å². The van der Waals surface area contributed by atoms with Gasteiger partial charge in [0.05, 0.1) is 10.6 Å². The summed E-state index contributed by atoms with van der Waals surface area (Å²) in [5.74, 6) is -0.772. The highest BCUT2D eigenvalue weighted by atomic mass is 35.5. The smallest absolute Gasteiger partial charge is 0.326 e. The van der Waals surface area contributed by atoms with Gasteiger partial charge >= 0.3 is 6.18 Å². The van der Waals surface area contributed by atoms with Crippen molar-refractivity contribution in [3.8, 4) is 0 Å². The van der Waals surface area contributed by atoms with Crippen LogP contribution in [0, 0.1) is 6.92 Å². The Kier molecular flexibility index (Phi) is 6.28. The number of anilines is 2. The Morgan fingerprint density at radius 1 is 1.07 bits per heavy atom. The number of carbonyl (C=O) groups excluding carboxylic acids is 2. The maximum atomic E-state index is 12.9. The van der Waals surface area contributed by atoms with Crippen molar-refractivity contribution in [1.29, 1.82) is 0 Å². The molecule has 2 aromatic rings. The first kappa shape index (κ1) is 20.5. The molecule has 0 saturated carbocycles. The van der Waals surface area contributed by atoms with Gasteiger partial charge in [-0.15, -0.1) is 0 Å². The Balaban J connectivity index is 2.16. The highest BCUT2D eigenvalue weighted by Crippen LogP contribution is 2.35. The Morgan fingerprint density at radius 3 is 2.30 bits per heavy atom. The monoisotopic (exact) mass is 396 g/mol. The molecular weight excluding hydrogens is 381 g/mol. The van der Waals surface area contributed by atoms with E-state index < -0.39 is 22.7 Å². The zero-order valence-corrected chi connectivity index (χ0v) is 15.2. The van der Waals surface area contributed by atoms with E-state index in [0.717, 1.165) is 18.2 Å². The average Bonchev–Trinajstić information content (AvgIpc) is 2.56. The second kappa shape index (κ2) is 8.26. The average molecular weight is 397 g/mol. The Hall–Kier alpha value is -2.80. The van der Waals surface area contributed by atoms with E-state index in [4.69, 9.17) is 11.6 Å². The zero-order chi connectivity index (χ0) is 20.2. The van der Waals surface area contributed by atoms with Gasteiger partial charge in [0, 0.05) is 24.4 Å². The van der Waals surface area contributed by atoms with Gasteiger partial charge in [-0.2, -0.15) is 13.2 Å². The van der Waals surface area contributed by atoms with Crippen molar-refractivity contribution < 1.29 is 22.8 Å². The van der Waals surface area contributed by atoms with Gasteiger partial charge in [0.15, 0.2) is 0 Å². The van der Waals surface area contributed by atoms with Crippen LogP contribution in [-0.4, -0.2) is 11.8 Å². The van der Waals surface area contributed by atoms with Crippen molar-refractivity contribution in [3.63, 3.8) is 0 Å². The van der Waals surface area contributed by atoms with Gasteiger partial charge < -0.3 is 10.6 Å². The fourth-order valence-electron chi connectivity index (χ4n) is 2.31. The van der Waals surface area contributed by atoms with Crippen LogP contribution in [0.5, 0.6) is 0 Å². The largest absolute Gasteiger partial charge is 0.417 e. The summed E-state index contributed by atoms with van der Waals surface area (Å²) in [6, 6.07) is 8.37.